The molecule has 2 rings (SSSR count). The summed E-state index contributed by atoms with van der Waals surface area (Å²) in [5.41, 5.74) is 0. The monoisotopic (exact) mass is 367 g/mol. The smallest absolute Gasteiger partial charge is 0.244 e. The van der Waals surface area contributed by atoms with Crippen LogP contribution >= 0.6 is 0 Å². The highest BCUT2D eigenvalue weighted by atomic mass is 32.2. The average molecular weight is 368 g/mol. The number of pyridine rings is 1. The summed E-state index contributed by atoms with van der Waals surface area (Å²) >= 11 is 0. The number of piperidine rings is 1. The fraction of sp³-hybridized carbons (Fsp3) is 0.667. The third kappa shape index (κ3) is 4.79. The van der Waals surface area contributed by atoms with Gasteiger partial charge in [-0.25, -0.2) is 8.42 Å². The van der Waals surface area contributed by atoms with Crippen molar-refractivity contribution in [2.45, 2.75) is 51.0 Å². The maximum absolute atomic E-state index is 12.7. The molecule has 6 nitrogen and oxygen atoms in total. The van der Waals surface area contributed by atoms with Crippen LogP contribution in [0.4, 0.5) is 0 Å². The van der Waals surface area contributed by atoms with Gasteiger partial charge in [-0.15, -0.1) is 0 Å². The molecule has 0 aliphatic carbocycles. The molecule has 0 N–H and O–H groups in total. The van der Waals surface area contributed by atoms with Gasteiger partial charge in [0.25, 0.3) is 0 Å². The normalized spacial score (nSPS) is 18.3. The van der Waals surface area contributed by atoms with Gasteiger partial charge in [-0.2, -0.15) is 4.31 Å². The van der Waals surface area contributed by atoms with Crippen LogP contribution < -0.4 is 0 Å². The maximum atomic E-state index is 12.7. The third-order valence-electron chi connectivity index (χ3n) is 4.90. The minimum Gasteiger partial charge on any atom is -0.343 e. The van der Waals surface area contributed by atoms with Crippen molar-refractivity contribution in [1.29, 1.82) is 0 Å². The van der Waals surface area contributed by atoms with Crippen LogP contribution in [0.3, 0.4) is 0 Å². The Balaban J connectivity index is 1.96. The first-order valence-corrected chi connectivity index (χ1v) is 10.3. The summed E-state index contributed by atoms with van der Waals surface area (Å²) in [6, 6.07) is 3.37. The number of carbonyl (C=O) groups is 1. The molecule has 1 unspecified atom stereocenters. The summed E-state index contributed by atoms with van der Waals surface area (Å²) in [6.07, 6.45) is 5.02. The summed E-state index contributed by atoms with van der Waals surface area (Å²) in [5.74, 6) is 0.572. The molecule has 0 spiro atoms. The Labute approximate surface area is 151 Å². The minimum absolute atomic E-state index is 0.0973. The molecule has 140 valence electrons. The highest BCUT2D eigenvalue weighted by Crippen LogP contribution is 2.25. The maximum Gasteiger partial charge on any atom is 0.244 e. The largest absolute Gasteiger partial charge is 0.343 e. The van der Waals surface area contributed by atoms with E-state index in [9.17, 15) is 13.2 Å². The van der Waals surface area contributed by atoms with Gasteiger partial charge in [-0.3, -0.25) is 9.78 Å². The van der Waals surface area contributed by atoms with E-state index >= 15 is 0 Å². The van der Waals surface area contributed by atoms with E-state index in [1.807, 2.05) is 11.9 Å². The SMILES string of the molecule is CC(C)CC(C)N(C)C(=O)C1CCN(S(=O)(=O)c2cccnc2)CC1. The molecule has 1 aliphatic rings. The van der Waals surface area contributed by atoms with E-state index in [2.05, 4.69) is 25.8 Å². The second-order valence-electron chi connectivity index (χ2n) is 7.29. The zero-order valence-electron chi connectivity index (χ0n) is 15.6. The van der Waals surface area contributed by atoms with Crippen LogP contribution in [0.25, 0.3) is 0 Å². The number of hydrogen-bond donors (Lipinski definition) is 0. The van der Waals surface area contributed by atoms with E-state index in [1.54, 1.807) is 18.3 Å². The fourth-order valence-electron chi connectivity index (χ4n) is 3.34. The van der Waals surface area contributed by atoms with Crippen molar-refractivity contribution in [2.75, 3.05) is 20.1 Å². The lowest BCUT2D eigenvalue weighted by molar-refractivity contribution is -0.137. The van der Waals surface area contributed by atoms with E-state index in [-0.39, 0.29) is 22.8 Å². The molecule has 0 aromatic carbocycles. The molecule has 1 aromatic rings. The zero-order valence-corrected chi connectivity index (χ0v) is 16.4. The molecule has 25 heavy (non-hydrogen) atoms. The summed E-state index contributed by atoms with van der Waals surface area (Å²) in [6.45, 7) is 7.12. The molecule has 7 heteroatoms. The van der Waals surface area contributed by atoms with Crippen molar-refractivity contribution in [3.8, 4) is 0 Å². The third-order valence-corrected chi connectivity index (χ3v) is 6.78. The van der Waals surface area contributed by atoms with Crippen LogP contribution in [0, 0.1) is 11.8 Å². The first-order valence-electron chi connectivity index (χ1n) is 8.90. The fourth-order valence-corrected chi connectivity index (χ4v) is 4.77. The van der Waals surface area contributed by atoms with Gasteiger partial charge in [-0.1, -0.05) is 13.8 Å². The number of carbonyl (C=O) groups excluding carboxylic acids is 1. The highest BCUT2D eigenvalue weighted by Gasteiger charge is 2.34. The van der Waals surface area contributed by atoms with Crippen LogP contribution in [0.1, 0.15) is 40.0 Å². The Morgan fingerprint density at radius 2 is 1.96 bits per heavy atom. The zero-order chi connectivity index (χ0) is 18.6. The molecule has 0 bridgehead atoms. The lowest BCUT2D eigenvalue weighted by atomic mass is 9.95. The Bertz CT molecular complexity index is 668. The van der Waals surface area contributed by atoms with Crippen molar-refractivity contribution in [3.05, 3.63) is 24.5 Å². The second-order valence-corrected chi connectivity index (χ2v) is 9.23. The van der Waals surface area contributed by atoms with Crippen molar-refractivity contribution in [1.82, 2.24) is 14.2 Å². The van der Waals surface area contributed by atoms with E-state index < -0.39 is 10.0 Å². The number of amides is 1. The highest BCUT2D eigenvalue weighted by molar-refractivity contribution is 7.89. The predicted octanol–water partition coefficient (Wildman–Crippen LogP) is 2.38. The first-order chi connectivity index (χ1) is 11.7. The topological polar surface area (TPSA) is 70.6 Å². The number of nitrogens with zero attached hydrogens (tertiary/aromatic N) is 3. The van der Waals surface area contributed by atoms with Gasteiger partial charge >= 0.3 is 0 Å². The Morgan fingerprint density at radius 3 is 2.48 bits per heavy atom. The van der Waals surface area contributed by atoms with E-state index in [0.29, 0.717) is 31.8 Å². The molecule has 0 radical (unpaired) electrons. The van der Waals surface area contributed by atoms with Gasteiger partial charge in [0.1, 0.15) is 4.90 Å². The van der Waals surface area contributed by atoms with E-state index in [0.717, 1.165) is 6.42 Å². The van der Waals surface area contributed by atoms with Crippen molar-refractivity contribution in [2.24, 2.45) is 11.8 Å². The average Bonchev–Trinajstić information content (AvgIpc) is 2.60. The molecule has 2 heterocycles. The molecule has 1 amide bonds. The standard InChI is InChI=1S/C18H29N3O3S/c1-14(2)12-15(3)20(4)18(22)16-7-10-21(11-8-16)25(23,24)17-6-5-9-19-13-17/h5-6,9,13-16H,7-8,10-12H2,1-4H3. The molecule has 1 atom stereocenters. The molecular formula is C18H29N3O3S. The van der Waals surface area contributed by atoms with E-state index in [4.69, 9.17) is 0 Å². The Morgan fingerprint density at radius 1 is 1.32 bits per heavy atom. The van der Waals surface area contributed by atoms with Gasteiger partial charge in [0.05, 0.1) is 0 Å². The molecule has 0 saturated carbocycles. The number of aromatic nitrogens is 1. The first kappa shape index (κ1) is 19.8. The quantitative estimate of drug-likeness (QED) is 0.774. The van der Waals surface area contributed by atoms with Crippen LogP contribution in [0.2, 0.25) is 0 Å². The van der Waals surface area contributed by atoms with Crippen molar-refractivity contribution in [3.63, 3.8) is 0 Å². The Kier molecular flexibility index (Phi) is 6.57. The molecule has 1 fully saturated rings. The van der Waals surface area contributed by atoms with Gasteiger partial charge in [0.2, 0.25) is 15.9 Å². The number of sulfonamides is 1. The van der Waals surface area contributed by atoms with Crippen LogP contribution in [-0.2, 0) is 14.8 Å². The molecular weight excluding hydrogens is 338 g/mol. The van der Waals surface area contributed by atoms with Gasteiger partial charge < -0.3 is 4.90 Å². The van der Waals surface area contributed by atoms with Crippen LogP contribution in [-0.4, -0.2) is 54.7 Å². The van der Waals surface area contributed by atoms with Crippen LogP contribution in [0.15, 0.2) is 29.4 Å². The van der Waals surface area contributed by atoms with Gasteiger partial charge in [-0.05, 0) is 44.2 Å². The Hall–Kier alpha value is -1.47. The van der Waals surface area contributed by atoms with Gasteiger partial charge in [0, 0.05) is 44.5 Å². The lowest BCUT2D eigenvalue weighted by Gasteiger charge is -2.34. The lowest BCUT2D eigenvalue weighted by Crippen LogP contribution is -2.45. The summed E-state index contributed by atoms with van der Waals surface area (Å²) < 4.78 is 26.7. The van der Waals surface area contributed by atoms with Crippen molar-refractivity contribution < 1.29 is 13.2 Å². The van der Waals surface area contributed by atoms with E-state index in [1.165, 1.54) is 10.5 Å². The van der Waals surface area contributed by atoms with Crippen LogP contribution in [0.5, 0.6) is 0 Å². The minimum atomic E-state index is -3.52. The summed E-state index contributed by atoms with van der Waals surface area (Å²) in [4.78, 5) is 18.6. The summed E-state index contributed by atoms with van der Waals surface area (Å²) in [5, 5.41) is 0. The summed E-state index contributed by atoms with van der Waals surface area (Å²) in [7, 11) is -1.66. The molecule has 1 aliphatic heterocycles. The second kappa shape index (κ2) is 8.27. The van der Waals surface area contributed by atoms with Gasteiger partial charge in [0.15, 0.2) is 0 Å². The number of hydrogen-bond acceptors (Lipinski definition) is 4. The van der Waals surface area contributed by atoms with Crippen molar-refractivity contribution >= 4 is 15.9 Å². The number of rotatable bonds is 6. The molecule has 1 aromatic heterocycles. The predicted molar refractivity (Wildman–Crippen MR) is 97.4 cm³/mol. The molecule has 1 saturated heterocycles.